The van der Waals surface area contributed by atoms with Gasteiger partial charge in [0, 0.05) is 0 Å². The molecule has 1 aromatic heterocycles. The van der Waals surface area contributed by atoms with Crippen LogP contribution in [0.3, 0.4) is 0 Å². The van der Waals surface area contributed by atoms with Gasteiger partial charge in [-0.05, 0) is 24.3 Å². The molecule has 6 N–H and O–H groups in total. The van der Waals surface area contributed by atoms with E-state index in [2.05, 4.69) is 11.5 Å². The van der Waals surface area contributed by atoms with Gasteiger partial charge in [0.2, 0.25) is 0 Å². The number of urea groups is 1. The standard InChI is InChI=1S/C6H6O.C5H6O2.CH4N2O.CH2O/c7-6-4-2-1-3-5-6;6-4-5-2-1-3-7-5;2-1(3)4;1-2/h1-5,7H;1-3,6H,4H2;(H4,2,3,4);1H2. The summed E-state index contributed by atoms with van der Waals surface area (Å²) in [7, 11) is 0. The fraction of sp³-hybridized carbons (Fsp3) is 0.0769. The Morgan fingerprint density at radius 1 is 1.10 bits per heavy atom. The van der Waals surface area contributed by atoms with Gasteiger partial charge in [0.25, 0.3) is 0 Å². The van der Waals surface area contributed by atoms with E-state index in [0.717, 1.165) is 0 Å². The molecule has 0 fully saturated rings. The molecule has 0 aliphatic rings. The lowest BCUT2D eigenvalue weighted by Crippen LogP contribution is -2.18. The van der Waals surface area contributed by atoms with Crippen molar-refractivity contribution in [2.75, 3.05) is 0 Å². The van der Waals surface area contributed by atoms with Crippen LogP contribution in [-0.4, -0.2) is 23.0 Å². The highest BCUT2D eigenvalue weighted by Gasteiger charge is 1.85. The second-order valence-corrected chi connectivity index (χ2v) is 2.98. The lowest BCUT2D eigenvalue weighted by molar-refractivity contribution is -0.0980. The molecule has 2 aromatic rings. The number of hydrogen-bond acceptors (Lipinski definition) is 5. The van der Waals surface area contributed by atoms with Crippen LogP contribution in [0.5, 0.6) is 5.75 Å². The predicted octanol–water partition coefficient (Wildman–Crippen LogP) is 1.00. The second kappa shape index (κ2) is 14.3. The van der Waals surface area contributed by atoms with Crippen LogP contribution in [0.4, 0.5) is 4.79 Å². The highest BCUT2D eigenvalue weighted by Crippen LogP contribution is 2.02. The first-order valence-electron chi connectivity index (χ1n) is 5.27. The van der Waals surface area contributed by atoms with Gasteiger partial charge in [0.1, 0.15) is 24.9 Å². The van der Waals surface area contributed by atoms with Crippen molar-refractivity contribution in [3.8, 4) is 5.75 Å². The Labute approximate surface area is 116 Å². The number of rotatable bonds is 1. The number of amides is 2. The molecule has 7 heteroatoms. The number of benzene rings is 1. The zero-order chi connectivity index (χ0) is 15.8. The Morgan fingerprint density at radius 2 is 1.60 bits per heavy atom. The molecule has 0 aliphatic heterocycles. The lowest BCUT2D eigenvalue weighted by Gasteiger charge is -1.82. The predicted molar refractivity (Wildman–Crippen MR) is 73.6 cm³/mol. The molecule has 110 valence electrons. The van der Waals surface area contributed by atoms with Crippen LogP contribution >= 0.6 is 0 Å². The summed E-state index contributed by atoms with van der Waals surface area (Å²) >= 11 is 0. The SMILES string of the molecule is C=O.NC(N)=O.OCc1ccco1.Oc1ccccc1. The molecule has 7 nitrogen and oxygen atoms in total. The van der Waals surface area contributed by atoms with Gasteiger partial charge in [-0.2, -0.15) is 0 Å². The molecule has 0 unspecified atom stereocenters. The summed E-state index contributed by atoms with van der Waals surface area (Å²) in [5.41, 5.74) is 8.50. The van der Waals surface area contributed by atoms with Crippen molar-refractivity contribution in [1.82, 2.24) is 0 Å². The molecule has 0 atom stereocenters. The minimum absolute atomic E-state index is 0.00694. The highest BCUT2D eigenvalue weighted by molar-refractivity contribution is 5.69. The van der Waals surface area contributed by atoms with Crippen molar-refractivity contribution < 1.29 is 24.2 Å². The highest BCUT2D eigenvalue weighted by atomic mass is 16.4. The van der Waals surface area contributed by atoms with Crippen molar-refractivity contribution >= 4 is 12.8 Å². The fourth-order valence-electron chi connectivity index (χ4n) is 0.831. The number of nitrogens with two attached hydrogens (primary N) is 2. The molecule has 1 heterocycles. The number of aliphatic hydroxyl groups excluding tert-OH is 1. The lowest BCUT2D eigenvalue weighted by atomic mass is 10.3. The van der Waals surface area contributed by atoms with Crippen LogP contribution in [0.25, 0.3) is 0 Å². The molecule has 1 aromatic carbocycles. The number of aromatic hydroxyl groups is 1. The summed E-state index contributed by atoms with van der Waals surface area (Å²) in [5, 5.41) is 17.0. The topological polar surface area (TPSA) is 140 Å². The molecular formula is C13H18N2O5. The number of hydrogen-bond donors (Lipinski definition) is 4. The largest absolute Gasteiger partial charge is 0.508 e. The Morgan fingerprint density at radius 3 is 1.80 bits per heavy atom. The normalized spacial score (nSPS) is 7.65. The van der Waals surface area contributed by atoms with Crippen LogP contribution in [0.2, 0.25) is 0 Å². The number of carbonyl (C=O) groups excluding carboxylic acids is 2. The minimum atomic E-state index is -0.833. The van der Waals surface area contributed by atoms with Crippen LogP contribution in [-0.2, 0) is 11.4 Å². The van der Waals surface area contributed by atoms with Crippen molar-refractivity contribution in [3.05, 3.63) is 54.5 Å². The summed E-state index contributed by atoms with van der Waals surface area (Å²) < 4.78 is 4.73. The van der Waals surface area contributed by atoms with Crippen LogP contribution < -0.4 is 11.5 Å². The summed E-state index contributed by atoms with van der Waals surface area (Å²) in [6.07, 6.45) is 1.53. The van der Waals surface area contributed by atoms with Crippen LogP contribution in [0.1, 0.15) is 5.76 Å². The third kappa shape index (κ3) is 15.2. The van der Waals surface area contributed by atoms with Crippen molar-refractivity contribution in [3.63, 3.8) is 0 Å². The molecule has 0 saturated carbocycles. The first kappa shape index (κ1) is 19.5. The van der Waals surface area contributed by atoms with Gasteiger partial charge in [0.15, 0.2) is 0 Å². The first-order valence-corrected chi connectivity index (χ1v) is 5.27. The van der Waals surface area contributed by atoms with Crippen molar-refractivity contribution in [2.45, 2.75) is 6.61 Å². The summed E-state index contributed by atoms with van der Waals surface area (Å²) in [6.45, 7) is 1.99. The average molecular weight is 282 g/mol. The Bertz CT molecular complexity index is 427. The van der Waals surface area contributed by atoms with Gasteiger partial charge in [-0.1, -0.05) is 18.2 Å². The van der Waals surface area contributed by atoms with Crippen molar-refractivity contribution in [1.29, 1.82) is 0 Å². The van der Waals surface area contributed by atoms with Gasteiger partial charge in [-0.3, -0.25) is 0 Å². The number of primary amides is 2. The zero-order valence-electron chi connectivity index (χ0n) is 10.8. The summed E-state index contributed by atoms with van der Waals surface area (Å²) in [6, 6.07) is 11.3. The van der Waals surface area contributed by atoms with Crippen LogP contribution in [0, 0.1) is 0 Å². The molecule has 0 bridgehead atoms. The maximum Gasteiger partial charge on any atom is 0.309 e. The van der Waals surface area contributed by atoms with Gasteiger partial charge in [-0.15, -0.1) is 0 Å². The number of para-hydroxylation sites is 1. The quantitative estimate of drug-likeness (QED) is 0.617. The number of aliphatic hydroxyl groups is 1. The van der Waals surface area contributed by atoms with E-state index in [1.54, 1.807) is 36.4 Å². The molecule has 0 radical (unpaired) electrons. The maximum absolute atomic E-state index is 9.00. The van der Waals surface area contributed by atoms with E-state index in [1.165, 1.54) is 6.26 Å². The molecule has 0 saturated heterocycles. The number of carbonyl (C=O) groups is 2. The van der Waals surface area contributed by atoms with Gasteiger partial charge < -0.3 is 30.9 Å². The van der Waals surface area contributed by atoms with E-state index < -0.39 is 6.03 Å². The van der Waals surface area contributed by atoms with E-state index >= 15 is 0 Å². The average Bonchev–Trinajstić information content (AvgIpc) is 2.95. The number of phenolic OH excluding ortho intramolecular Hbond substituents is 1. The van der Waals surface area contributed by atoms with Gasteiger partial charge >= 0.3 is 6.03 Å². The monoisotopic (exact) mass is 282 g/mol. The van der Waals surface area contributed by atoms with E-state index in [1.807, 2.05) is 12.9 Å². The Kier molecular flexibility index (Phi) is 13.9. The van der Waals surface area contributed by atoms with E-state index in [-0.39, 0.29) is 6.61 Å². The number of furan rings is 1. The van der Waals surface area contributed by atoms with Gasteiger partial charge in [0.05, 0.1) is 6.26 Å². The number of phenols is 1. The third-order valence-corrected chi connectivity index (χ3v) is 1.49. The first-order chi connectivity index (χ1) is 9.56. The molecule has 20 heavy (non-hydrogen) atoms. The molecule has 2 amide bonds. The minimum Gasteiger partial charge on any atom is -0.508 e. The summed E-state index contributed by atoms with van der Waals surface area (Å²) in [5.74, 6) is 0.933. The van der Waals surface area contributed by atoms with E-state index in [0.29, 0.717) is 11.5 Å². The zero-order valence-corrected chi connectivity index (χ0v) is 10.8. The van der Waals surface area contributed by atoms with Crippen molar-refractivity contribution in [2.24, 2.45) is 11.5 Å². The smallest absolute Gasteiger partial charge is 0.309 e. The Balaban J connectivity index is 0. The summed E-state index contributed by atoms with van der Waals surface area (Å²) in [4.78, 5) is 17.0. The second-order valence-electron chi connectivity index (χ2n) is 2.98. The van der Waals surface area contributed by atoms with E-state index in [9.17, 15) is 0 Å². The molecule has 0 spiro atoms. The molecule has 0 aliphatic carbocycles. The Hall–Kier alpha value is -2.80. The molecular weight excluding hydrogens is 264 g/mol. The fourth-order valence-corrected chi connectivity index (χ4v) is 0.831. The van der Waals surface area contributed by atoms with Gasteiger partial charge in [-0.25, -0.2) is 4.79 Å². The van der Waals surface area contributed by atoms with E-state index in [4.69, 9.17) is 24.2 Å². The maximum atomic E-state index is 9.00. The van der Waals surface area contributed by atoms with Crippen LogP contribution in [0.15, 0.2) is 53.1 Å². The third-order valence-electron chi connectivity index (χ3n) is 1.49. The molecule has 2 rings (SSSR count).